The Balaban J connectivity index is 0.00000264. The molecule has 5 nitrogen and oxygen atoms in total. The summed E-state index contributed by atoms with van der Waals surface area (Å²) in [4.78, 5) is 25.8. The van der Waals surface area contributed by atoms with Crippen LogP contribution < -0.4 is 10.6 Å². The number of likely N-dealkylation sites (N-methyl/N-ethyl adjacent to an activating group) is 1. The molecule has 0 radical (unpaired) electrons. The van der Waals surface area contributed by atoms with E-state index in [2.05, 4.69) is 10.6 Å². The highest BCUT2D eigenvalue weighted by Gasteiger charge is 2.26. The lowest BCUT2D eigenvalue weighted by Gasteiger charge is -2.31. The van der Waals surface area contributed by atoms with E-state index in [1.807, 2.05) is 36.1 Å². The number of nitrogens with one attached hydrogen (secondary N) is 2. The van der Waals surface area contributed by atoms with Gasteiger partial charge in [-0.2, -0.15) is 0 Å². The quantitative estimate of drug-likeness (QED) is 0.854. The molecule has 128 valence electrons. The van der Waals surface area contributed by atoms with Crippen LogP contribution in [0.2, 0.25) is 0 Å². The van der Waals surface area contributed by atoms with Crippen LogP contribution in [0.4, 0.5) is 0 Å². The molecule has 2 amide bonds. The third-order valence-corrected chi connectivity index (χ3v) is 4.13. The first-order valence-electron chi connectivity index (χ1n) is 7.86. The molecular weight excluding hydrogens is 314 g/mol. The van der Waals surface area contributed by atoms with E-state index < -0.39 is 0 Å². The second-order valence-corrected chi connectivity index (χ2v) is 5.89. The number of carbonyl (C=O) groups is 2. The summed E-state index contributed by atoms with van der Waals surface area (Å²) in [7, 11) is 1.77. The topological polar surface area (TPSA) is 61.4 Å². The summed E-state index contributed by atoms with van der Waals surface area (Å²) in [6, 6.07) is 8.17. The van der Waals surface area contributed by atoms with Crippen molar-refractivity contribution < 1.29 is 9.59 Å². The van der Waals surface area contributed by atoms with Crippen LogP contribution in [0.25, 0.3) is 0 Å². The number of aryl methyl sites for hydroxylation is 1. The molecule has 0 aliphatic carbocycles. The second-order valence-electron chi connectivity index (χ2n) is 5.89. The Morgan fingerprint density at radius 1 is 1.17 bits per heavy atom. The van der Waals surface area contributed by atoms with Crippen molar-refractivity contribution in [2.75, 3.05) is 26.7 Å². The number of halogens is 1. The summed E-state index contributed by atoms with van der Waals surface area (Å²) in [5, 5.41) is 5.87. The highest BCUT2D eigenvalue weighted by molar-refractivity contribution is 5.85. The lowest BCUT2D eigenvalue weighted by atomic mass is 9.95. The van der Waals surface area contributed by atoms with Gasteiger partial charge in [-0.1, -0.05) is 29.8 Å². The van der Waals surface area contributed by atoms with Crippen molar-refractivity contribution in [1.82, 2.24) is 15.5 Å². The molecule has 2 rings (SSSR count). The number of amides is 2. The minimum absolute atomic E-state index is 0. The molecule has 1 aliphatic heterocycles. The van der Waals surface area contributed by atoms with Crippen molar-refractivity contribution in [3.05, 3.63) is 35.4 Å². The monoisotopic (exact) mass is 339 g/mol. The SMILES string of the molecule is CNCC(=O)N1CCC(C(=O)NCc2ccc(C)cc2)CC1.Cl. The Labute approximate surface area is 144 Å². The van der Waals surface area contributed by atoms with E-state index in [-0.39, 0.29) is 30.1 Å². The van der Waals surface area contributed by atoms with Crippen LogP contribution >= 0.6 is 12.4 Å². The molecule has 1 aromatic carbocycles. The summed E-state index contributed by atoms with van der Waals surface area (Å²) >= 11 is 0. The van der Waals surface area contributed by atoms with Gasteiger partial charge in [0.05, 0.1) is 6.54 Å². The highest BCUT2D eigenvalue weighted by Crippen LogP contribution is 2.17. The van der Waals surface area contributed by atoms with Gasteiger partial charge in [-0.3, -0.25) is 9.59 Å². The molecule has 0 saturated carbocycles. The summed E-state index contributed by atoms with van der Waals surface area (Å²) in [6.07, 6.45) is 1.49. The maximum Gasteiger partial charge on any atom is 0.236 e. The number of benzene rings is 1. The summed E-state index contributed by atoms with van der Waals surface area (Å²) in [5.41, 5.74) is 2.33. The first kappa shape index (κ1) is 19.5. The van der Waals surface area contributed by atoms with Gasteiger partial charge < -0.3 is 15.5 Å². The number of likely N-dealkylation sites (tertiary alicyclic amines) is 1. The molecule has 0 atom stereocenters. The zero-order valence-electron chi connectivity index (χ0n) is 13.8. The maximum atomic E-state index is 12.2. The summed E-state index contributed by atoms with van der Waals surface area (Å²) < 4.78 is 0. The second kappa shape index (κ2) is 9.53. The standard InChI is InChI=1S/C17H25N3O2.ClH/c1-13-3-5-14(6-4-13)11-19-17(22)15-7-9-20(10-8-15)16(21)12-18-2;/h3-6,15,18H,7-12H2,1-2H3,(H,19,22);1H. The Morgan fingerprint density at radius 2 is 1.78 bits per heavy atom. The van der Waals surface area contributed by atoms with Crippen LogP contribution in [-0.4, -0.2) is 43.4 Å². The number of rotatable bonds is 5. The molecule has 0 aromatic heterocycles. The Kier molecular flexibility index (Phi) is 8.06. The van der Waals surface area contributed by atoms with Crippen molar-refractivity contribution in [2.45, 2.75) is 26.3 Å². The Hall–Kier alpha value is -1.59. The van der Waals surface area contributed by atoms with Gasteiger partial charge in [0.25, 0.3) is 0 Å². The largest absolute Gasteiger partial charge is 0.352 e. The van der Waals surface area contributed by atoms with Crippen molar-refractivity contribution >= 4 is 24.2 Å². The zero-order chi connectivity index (χ0) is 15.9. The van der Waals surface area contributed by atoms with E-state index in [9.17, 15) is 9.59 Å². The highest BCUT2D eigenvalue weighted by atomic mass is 35.5. The van der Waals surface area contributed by atoms with E-state index in [0.29, 0.717) is 26.2 Å². The van der Waals surface area contributed by atoms with Crippen LogP contribution in [-0.2, 0) is 16.1 Å². The smallest absolute Gasteiger partial charge is 0.236 e. The predicted molar refractivity (Wildman–Crippen MR) is 93.5 cm³/mol. The fourth-order valence-electron chi connectivity index (χ4n) is 2.69. The number of piperidine rings is 1. The van der Waals surface area contributed by atoms with Gasteiger partial charge in [0.1, 0.15) is 0 Å². The molecular formula is C17H26ClN3O2. The normalized spacial score (nSPS) is 15.0. The van der Waals surface area contributed by atoms with E-state index in [0.717, 1.165) is 18.4 Å². The first-order valence-corrected chi connectivity index (χ1v) is 7.86. The van der Waals surface area contributed by atoms with Gasteiger partial charge in [0.15, 0.2) is 0 Å². The average molecular weight is 340 g/mol. The third-order valence-electron chi connectivity index (χ3n) is 4.13. The fourth-order valence-corrected chi connectivity index (χ4v) is 2.69. The van der Waals surface area contributed by atoms with Gasteiger partial charge in [-0.15, -0.1) is 12.4 Å². The molecule has 1 aliphatic rings. The van der Waals surface area contributed by atoms with Crippen LogP contribution in [0.5, 0.6) is 0 Å². The molecule has 1 heterocycles. The number of carbonyl (C=O) groups excluding carboxylic acids is 2. The lowest BCUT2D eigenvalue weighted by molar-refractivity contribution is -0.134. The van der Waals surface area contributed by atoms with Gasteiger partial charge in [0.2, 0.25) is 11.8 Å². The Morgan fingerprint density at radius 3 is 2.35 bits per heavy atom. The average Bonchev–Trinajstić information content (AvgIpc) is 2.54. The van der Waals surface area contributed by atoms with Crippen molar-refractivity contribution in [3.63, 3.8) is 0 Å². The maximum absolute atomic E-state index is 12.2. The molecule has 1 saturated heterocycles. The molecule has 0 spiro atoms. The fraction of sp³-hybridized carbons (Fsp3) is 0.529. The van der Waals surface area contributed by atoms with Crippen LogP contribution in [0.1, 0.15) is 24.0 Å². The van der Waals surface area contributed by atoms with Gasteiger partial charge >= 0.3 is 0 Å². The van der Waals surface area contributed by atoms with E-state index in [1.54, 1.807) is 7.05 Å². The van der Waals surface area contributed by atoms with Gasteiger partial charge in [-0.25, -0.2) is 0 Å². The van der Waals surface area contributed by atoms with Crippen molar-refractivity contribution in [3.8, 4) is 0 Å². The van der Waals surface area contributed by atoms with Gasteiger partial charge in [-0.05, 0) is 32.4 Å². The molecule has 1 aromatic rings. The summed E-state index contributed by atoms with van der Waals surface area (Å²) in [6.45, 7) is 4.32. The summed E-state index contributed by atoms with van der Waals surface area (Å²) in [5.74, 6) is 0.228. The molecule has 23 heavy (non-hydrogen) atoms. The van der Waals surface area contributed by atoms with Gasteiger partial charge in [0, 0.05) is 25.6 Å². The first-order chi connectivity index (χ1) is 10.6. The number of hydrogen-bond donors (Lipinski definition) is 2. The minimum Gasteiger partial charge on any atom is -0.352 e. The molecule has 2 N–H and O–H groups in total. The molecule has 1 fully saturated rings. The third kappa shape index (κ3) is 5.84. The molecule has 0 unspecified atom stereocenters. The lowest BCUT2D eigenvalue weighted by Crippen LogP contribution is -2.45. The molecule has 0 bridgehead atoms. The number of hydrogen-bond acceptors (Lipinski definition) is 3. The van der Waals surface area contributed by atoms with Crippen LogP contribution in [0, 0.1) is 12.8 Å². The molecule has 6 heteroatoms. The Bertz CT molecular complexity index is 511. The minimum atomic E-state index is 0. The zero-order valence-corrected chi connectivity index (χ0v) is 14.6. The van der Waals surface area contributed by atoms with E-state index >= 15 is 0 Å². The number of nitrogens with zero attached hydrogens (tertiary/aromatic N) is 1. The van der Waals surface area contributed by atoms with Crippen LogP contribution in [0.3, 0.4) is 0 Å². The van der Waals surface area contributed by atoms with Crippen LogP contribution in [0.15, 0.2) is 24.3 Å². The van der Waals surface area contributed by atoms with E-state index in [1.165, 1.54) is 5.56 Å². The van der Waals surface area contributed by atoms with Crippen molar-refractivity contribution in [2.24, 2.45) is 5.92 Å². The van der Waals surface area contributed by atoms with E-state index in [4.69, 9.17) is 0 Å². The predicted octanol–water partition coefficient (Wildman–Crippen LogP) is 1.49. The van der Waals surface area contributed by atoms with Crippen molar-refractivity contribution in [1.29, 1.82) is 0 Å².